The fraction of sp³-hybridized carbons (Fsp3) is 0.200. The molecule has 0 spiro atoms. The molecule has 1 aromatic heterocycles. The summed E-state index contributed by atoms with van der Waals surface area (Å²) in [5.41, 5.74) is 1.36. The number of esters is 1. The molecule has 0 unspecified atom stereocenters. The van der Waals surface area contributed by atoms with Gasteiger partial charge in [0.2, 0.25) is 5.88 Å². The highest BCUT2D eigenvalue weighted by molar-refractivity contribution is 9.08. The molecule has 20 heavy (non-hydrogen) atoms. The van der Waals surface area contributed by atoms with Gasteiger partial charge in [-0.15, -0.1) is 0 Å². The standard InChI is InChI=1S/C15H14BrNO3/c1-2-19-15(18)13-7-6-12(9-11(13)10-16)20-14-5-3-4-8-17-14/h3-9H,2,10H2,1H3. The third-order valence-corrected chi connectivity index (χ3v) is 3.18. The number of hydrogen-bond donors (Lipinski definition) is 0. The number of nitrogens with zero attached hydrogens (tertiary/aromatic N) is 1. The topological polar surface area (TPSA) is 48.4 Å². The summed E-state index contributed by atoms with van der Waals surface area (Å²) in [4.78, 5) is 15.9. The van der Waals surface area contributed by atoms with E-state index < -0.39 is 0 Å². The number of pyridine rings is 1. The molecule has 0 saturated carbocycles. The van der Waals surface area contributed by atoms with Crippen LogP contribution in [-0.2, 0) is 10.1 Å². The Hall–Kier alpha value is -1.88. The van der Waals surface area contributed by atoms with Crippen LogP contribution in [0, 0.1) is 0 Å². The van der Waals surface area contributed by atoms with Gasteiger partial charge >= 0.3 is 5.97 Å². The van der Waals surface area contributed by atoms with Crippen LogP contribution in [-0.4, -0.2) is 17.6 Å². The Morgan fingerprint density at radius 2 is 2.15 bits per heavy atom. The Morgan fingerprint density at radius 1 is 1.30 bits per heavy atom. The number of carbonyl (C=O) groups is 1. The van der Waals surface area contributed by atoms with Gasteiger partial charge in [-0.1, -0.05) is 22.0 Å². The first-order chi connectivity index (χ1) is 9.74. The second kappa shape index (κ2) is 7.05. The van der Waals surface area contributed by atoms with Crippen LogP contribution in [0.25, 0.3) is 0 Å². The normalized spacial score (nSPS) is 10.1. The molecular weight excluding hydrogens is 322 g/mol. The van der Waals surface area contributed by atoms with Crippen LogP contribution in [0.15, 0.2) is 42.6 Å². The highest BCUT2D eigenvalue weighted by Crippen LogP contribution is 2.24. The summed E-state index contributed by atoms with van der Waals surface area (Å²) >= 11 is 3.37. The van der Waals surface area contributed by atoms with Gasteiger partial charge in [-0.3, -0.25) is 0 Å². The highest BCUT2D eigenvalue weighted by Gasteiger charge is 2.13. The molecule has 0 N–H and O–H groups in total. The van der Waals surface area contributed by atoms with E-state index in [4.69, 9.17) is 9.47 Å². The molecule has 5 heteroatoms. The first-order valence-electron chi connectivity index (χ1n) is 6.19. The van der Waals surface area contributed by atoms with Crippen molar-refractivity contribution in [3.63, 3.8) is 0 Å². The van der Waals surface area contributed by atoms with Crippen molar-refractivity contribution in [3.05, 3.63) is 53.7 Å². The van der Waals surface area contributed by atoms with Crippen molar-refractivity contribution in [1.29, 1.82) is 0 Å². The van der Waals surface area contributed by atoms with E-state index in [2.05, 4.69) is 20.9 Å². The molecule has 0 radical (unpaired) electrons. The van der Waals surface area contributed by atoms with E-state index in [9.17, 15) is 4.79 Å². The molecule has 2 aromatic rings. The maximum Gasteiger partial charge on any atom is 0.338 e. The second-order valence-corrected chi connectivity index (χ2v) is 4.50. The molecule has 0 fully saturated rings. The SMILES string of the molecule is CCOC(=O)c1ccc(Oc2ccccn2)cc1CBr. The van der Waals surface area contributed by atoms with E-state index in [0.29, 0.717) is 29.1 Å². The van der Waals surface area contributed by atoms with E-state index in [1.807, 2.05) is 12.1 Å². The summed E-state index contributed by atoms with van der Waals surface area (Å²) in [6.45, 7) is 2.14. The van der Waals surface area contributed by atoms with Crippen molar-refractivity contribution in [2.24, 2.45) is 0 Å². The molecule has 0 aliphatic heterocycles. The molecule has 2 rings (SSSR count). The lowest BCUT2D eigenvalue weighted by Crippen LogP contribution is -2.07. The molecule has 1 aromatic carbocycles. The van der Waals surface area contributed by atoms with Gasteiger partial charge in [0.1, 0.15) is 5.75 Å². The number of alkyl halides is 1. The van der Waals surface area contributed by atoms with Gasteiger partial charge < -0.3 is 9.47 Å². The largest absolute Gasteiger partial charge is 0.462 e. The van der Waals surface area contributed by atoms with E-state index in [1.165, 1.54) is 0 Å². The molecule has 104 valence electrons. The lowest BCUT2D eigenvalue weighted by molar-refractivity contribution is 0.0525. The Morgan fingerprint density at radius 3 is 2.80 bits per heavy atom. The van der Waals surface area contributed by atoms with Crippen LogP contribution < -0.4 is 4.74 Å². The number of ether oxygens (including phenoxy) is 2. The molecular formula is C15H14BrNO3. The predicted molar refractivity (Wildman–Crippen MR) is 79.3 cm³/mol. The molecule has 0 aliphatic rings. The maximum absolute atomic E-state index is 11.8. The Labute approximate surface area is 125 Å². The molecule has 4 nitrogen and oxygen atoms in total. The summed E-state index contributed by atoms with van der Waals surface area (Å²) in [7, 11) is 0. The average Bonchev–Trinajstić information content (AvgIpc) is 2.48. The zero-order valence-corrected chi connectivity index (χ0v) is 12.6. The van der Waals surface area contributed by atoms with Crippen LogP contribution in [0.4, 0.5) is 0 Å². The number of carbonyl (C=O) groups excluding carboxylic acids is 1. The number of rotatable bonds is 5. The second-order valence-electron chi connectivity index (χ2n) is 3.94. The van der Waals surface area contributed by atoms with Crippen molar-refractivity contribution in [2.45, 2.75) is 12.3 Å². The van der Waals surface area contributed by atoms with Crippen LogP contribution in [0.1, 0.15) is 22.8 Å². The first-order valence-corrected chi connectivity index (χ1v) is 7.31. The van der Waals surface area contributed by atoms with Gasteiger partial charge in [0, 0.05) is 17.6 Å². The fourth-order valence-corrected chi connectivity index (χ4v) is 2.14. The van der Waals surface area contributed by atoms with Gasteiger partial charge in [0.25, 0.3) is 0 Å². The van der Waals surface area contributed by atoms with Crippen LogP contribution in [0.2, 0.25) is 0 Å². The number of benzene rings is 1. The van der Waals surface area contributed by atoms with E-state index in [0.717, 1.165) is 5.56 Å². The van der Waals surface area contributed by atoms with Gasteiger partial charge in [-0.2, -0.15) is 0 Å². The fourth-order valence-electron chi connectivity index (χ4n) is 1.68. The lowest BCUT2D eigenvalue weighted by Gasteiger charge is -2.10. The van der Waals surface area contributed by atoms with Crippen molar-refractivity contribution >= 4 is 21.9 Å². The van der Waals surface area contributed by atoms with Crippen molar-refractivity contribution in [3.8, 4) is 11.6 Å². The third kappa shape index (κ3) is 3.57. The minimum Gasteiger partial charge on any atom is -0.462 e. The van der Waals surface area contributed by atoms with Crippen molar-refractivity contribution in [2.75, 3.05) is 6.61 Å². The van der Waals surface area contributed by atoms with Crippen LogP contribution in [0.3, 0.4) is 0 Å². The Bertz CT molecular complexity index is 587. The van der Waals surface area contributed by atoms with E-state index >= 15 is 0 Å². The summed E-state index contributed by atoms with van der Waals surface area (Å²) < 4.78 is 10.6. The predicted octanol–water partition coefficient (Wildman–Crippen LogP) is 3.95. The van der Waals surface area contributed by atoms with Crippen molar-refractivity contribution in [1.82, 2.24) is 4.98 Å². The van der Waals surface area contributed by atoms with Crippen LogP contribution in [0.5, 0.6) is 11.6 Å². The summed E-state index contributed by atoms with van der Waals surface area (Å²) in [5, 5.41) is 0.542. The summed E-state index contributed by atoms with van der Waals surface area (Å²) in [6.07, 6.45) is 1.66. The Balaban J connectivity index is 2.23. The monoisotopic (exact) mass is 335 g/mol. The third-order valence-electron chi connectivity index (χ3n) is 2.58. The minimum atomic E-state index is -0.327. The summed E-state index contributed by atoms with van der Waals surface area (Å²) in [5.74, 6) is 0.814. The highest BCUT2D eigenvalue weighted by atomic mass is 79.9. The zero-order valence-electron chi connectivity index (χ0n) is 11.0. The minimum absolute atomic E-state index is 0.327. The van der Waals surface area contributed by atoms with Gasteiger partial charge in [0.05, 0.1) is 12.2 Å². The average molecular weight is 336 g/mol. The molecule has 1 heterocycles. The summed E-state index contributed by atoms with van der Waals surface area (Å²) in [6, 6.07) is 10.7. The van der Waals surface area contributed by atoms with E-state index in [1.54, 1.807) is 37.4 Å². The van der Waals surface area contributed by atoms with Crippen molar-refractivity contribution < 1.29 is 14.3 Å². The van der Waals surface area contributed by atoms with E-state index in [-0.39, 0.29) is 5.97 Å². The molecule has 0 bridgehead atoms. The molecule has 0 saturated heterocycles. The molecule has 0 amide bonds. The number of hydrogen-bond acceptors (Lipinski definition) is 4. The zero-order chi connectivity index (χ0) is 14.4. The number of halogens is 1. The molecule has 0 atom stereocenters. The first kappa shape index (κ1) is 14.5. The molecule has 0 aliphatic carbocycles. The lowest BCUT2D eigenvalue weighted by atomic mass is 10.1. The Kier molecular flexibility index (Phi) is 5.12. The van der Waals surface area contributed by atoms with Crippen LogP contribution >= 0.6 is 15.9 Å². The quantitative estimate of drug-likeness (QED) is 0.613. The number of aromatic nitrogens is 1. The van der Waals surface area contributed by atoms with Gasteiger partial charge in [-0.25, -0.2) is 9.78 Å². The van der Waals surface area contributed by atoms with Gasteiger partial charge in [0.15, 0.2) is 0 Å². The van der Waals surface area contributed by atoms with Gasteiger partial charge in [-0.05, 0) is 36.8 Å². The maximum atomic E-state index is 11.8. The smallest absolute Gasteiger partial charge is 0.338 e.